The quantitative estimate of drug-likeness (QED) is 0.796. The highest BCUT2D eigenvalue weighted by atomic mass is 16.2. The number of nitrogens with one attached hydrogen (secondary N) is 1. The van der Waals surface area contributed by atoms with Crippen LogP contribution in [0.2, 0.25) is 0 Å². The molecular formula is C14H28N2O. The number of carbonyl (C=O) groups excluding carboxylic acids is 1. The fourth-order valence-electron chi connectivity index (χ4n) is 3.03. The average Bonchev–Trinajstić information content (AvgIpc) is 2.47. The summed E-state index contributed by atoms with van der Waals surface area (Å²) in [5.74, 6) is 0.0317. The molecule has 0 unspecified atom stereocenters. The van der Waals surface area contributed by atoms with Crippen molar-refractivity contribution in [2.45, 2.75) is 77.8 Å². The number of rotatable bonds is 3. The molecule has 3 N–H and O–H groups in total. The Labute approximate surface area is 106 Å². The summed E-state index contributed by atoms with van der Waals surface area (Å²) in [7, 11) is 0. The second-order valence-electron chi connectivity index (χ2n) is 7.44. The Balaban J connectivity index is 2.61. The van der Waals surface area contributed by atoms with Crippen molar-refractivity contribution >= 4 is 5.91 Å². The highest BCUT2D eigenvalue weighted by molar-refractivity contribution is 5.86. The lowest BCUT2D eigenvalue weighted by Crippen LogP contribution is -2.58. The first-order valence-corrected chi connectivity index (χ1v) is 6.66. The van der Waals surface area contributed by atoms with Gasteiger partial charge in [0.25, 0.3) is 0 Å². The Morgan fingerprint density at radius 1 is 1.18 bits per heavy atom. The van der Waals surface area contributed by atoms with E-state index in [2.05, 4.69) is 39.9 Å². The number of hydrogen-bond donors (Lipinski definition) is 2. The molecule has 0 heterocycles. The first-order valence-electron chi connectivity index (χ1n) is 6.66. The Bertz CT molecular complexity index is 283. The minimum absolute atomic E-state index is 0.0317. The van der Waals surface area contributed by atoms with Crippen LogP contribution < -0.4 is 11.1 Å². The first-order chi connectivity index (χ1) is 7.54. The molecule has 0 aromatic rings. The van der Waals surface area contributed by atoms with Crippen molar-refractivity contribution in [3.63, 3.8) is 0 Å². The van der Waals surface area contributed by atoms with Gasteiger partial charge in [-0.15, -0.1) is 0 Å². The SMILES string of the molecule is CC(C)(C)CC(C)(C)NC(=O)C1(N)CCCC1. The molecule has 0 radical (unpaired) electrons. The van der Waals surface area contributed by atoms with Crippen LogP contribution in [0.4, 0.5) is 0 Å². The normalized spacial score (nSPS) is 20.4. The zero-order chi connectivity index (χ0) is 13.3. The predicted molar refractivity (Wildman–Crippen MR) is 71.7 cm³/mol. The third-order valence-electron chi connectivity index (χ3n) is 3.37. The summed E-state index contributed by atoms with van der Waals surface area (Å²) in [5.41, 5.74) is 5.56. The van der Waals surface area contributed by atoms with E-state index in [4.69, 9.17) is 5.73 Å². The summed E-state index contributed by atoms with van der Waals surface area (Å²) in [6.45, 7) is 10.7. The van der Waals surface area contributed by atoms with Gasteiger partial charge in [-0.1, -0.05) is 33.6 Å². The fraction of sp³-hybridized carbons (Fsp3) is 0.929. The van der Waals surface area contributed by atoms with Crippen LogP contribution in [0.15, 0.2) is 0 Å². The molecule has 0 atom stereocenters. The molecule has 17 heavy (non-hydrogen) atoms. The molecule has 1 rings (SSSR count). The van der Waals surface area contributed by atoms with Gasteiger partial charge in [0.1, 0.15) is 0 Å². The van der Waals surface area contributed by atoms with Gasteiger partial charge in [0.2, 0.25) is 5.91 Å². The van der Waals surface area contributed by atoms with Gasteiger partial charge in [-0.25, -0.2) is 0 Å². The van der Waals surface area contributed by atoms with Crippen molar-refractivity contribution in [1.29, 1.82) is 0 Å². The number of nitrogens with two attached hydrogens (primary N) is 1. The van der Waals surface area contributed by atoms with Gasteiger partial charge in [0.05, 0.1) is 5.54 Å². The molecule has 3 nitrogen and oxygen atoms in total. The van der Waals surface area contributed by atoms with E-state index in [-0.39, 0.29) is 16.9 Å². The molecule has 1 aliphatic rings. The van der Waals surface area contributed by atoms with Crippen molar-refractivity contribution < 1.29 is 4.79 Å². The second-order valence-corrected chi connectivity index (χ2v) is 7.44. The van der Waals surface area contributed by atoms with Crippen molar-refractivity contribution in [3.05, 3.63) is 0 Å². The van der Waals surface area contributed by atoms with Crippen LogP contribution >= 0.6 is 0 Å². The minimum atomic E-state index is -0.616. The lowest BCUT2D eigenvalue weighted by atomic mass is 9.81. The Morgan fingerprint density at radius 3 is 2.06 bits per heavy atom. The molecule has 0 aliphatic heterocycles. The van der Waals surface area contributed by atoms with Crippen molar-refractivity contribution in [2.75, 3.05) is 0 Å². The van der Waals surface area contributed by atoms with E-state index < -0.39 is 5.54 Å². The van der Waals surface area contributed by atoms with Crippen LogP contribution in [-0.4, -0.2) is 17.0 Å². The molecule has 0 bridgehead atoms. The second kappa shape index (κ2) is 4.60. The third kappa shape index (κ3) is 4.30. The largest absolute Gasteiger partial charge is 0.350 e. The highest BCUT2D eigenvalue weighted by Crippen LogP contribution is 2.30. The van der Waals surface area contributed by atoms with Gasteiger partial charge in [0.15, 0.2) is 0 Å². The summed E-state index contributed by atoms with van der Waals surface area (Å²) in [6.07, 6.45) is 4.74. The van der Waals surface area contributed by atoms with Gasteiger partial charge in [0, 0.05) is 5.54 Å². The molecule has 0 saturated heterocycles. The maximum atomic E-state index is 12.2. The van der Waals surface area contributed by atoms with Gasteiger partial charge >= 0.3 is 0 Å². The van der Waals surface area contributed by atoms with Gasteiger partial charge in [-0.3, -0.25) is 4.79 Å². The van der Waals surface area contributed by atoms with Gasteiger partial charge < -0.3 is 11.1 Å². The molecule has 0 spiro atoms. The van der Waals surface area contributed by atoms with Gasteiger partial charge in [-0.2, -0.15) is 0 Å². The summed E-state index contributed by atoms with van der Waals surface area (Å²) in [5, 5.41) is 3.13. The van der Waals surface area contributed by atoms with E-state index in [0.717, 1.165) is 32.1 Å². The first kappa shape index (κ1) is 14.5. The fourth-order valence-corrected chi connectivity index (χ4v) is 3.03. The van der Waals surface area contributed by atoms with Crippen LogP contribution in [0.25, 0.3) is 0 Å². The van der Waals surface area contributed by atoms with Crippen molar-refractivity contribution in [1.82, 2.24) is 5.32 Å². The van der Waals surface area contributed by atoms with E-state index in [1.807, 2.05) is 0 Å². The number of hydrogen-bond acceptors (Lipinski definition) is 2. The molecule has 1 amide bonds. The van der Waals surface area contributed by atoms with Crippen LogP contribution in [-0.2, 0) is 4.79 Å². The third-order valence-corrected chi connectivity index (χ3v) is 3.37. The minimum Gasteiger partial charge on any atom is -0.350 e. The monoisotopic (exact) mass is 240 g/mol. The topological polar surface area (TPSA) is 55.1 Å². The van der Waals surface area contributed by atoms with E-state index in [9.17, 15) is 4.79 Å². The Hall–Kier alpha value is -0.570. The van der Waals surface area contributed by atoms with E-state index in [1.165, 1.54) is 0 Å². The zero-order valence-electron chi connectivity index (χ0n) is 12.0. The number of amides is 1. The lowest BCUT2D eigenvalue weighted by Gasteiger charge is -2.36. The van der Waals surface area contributed by atoms with Gasteiger partial charge in [-0.05, 0) is 38.5 Å². The molecular weight excluding hydrogens is 212 g/mol. The van der Waals surface area contributed by atoms with Crippen LogP contribution in [0.1, 0.15) is 66.7 Å². The smallest absolute Gasteiger partial charge is 0.240 e. The van der Waals surface area contributed by atoms with E-state index >= 15 is 0 Å². The summed E-state index contributed by atoms with van der Waals surface area (Å²) in [4.78, 5) is 12.2. The molecule has 1 fully saturated rings. The zero-order valence-corrected chi connectivity index (χ0v) is 12.0. The summed E-state index contributed by atoms with van der Waals surface area (Å²) < 4.78 is 0. The molecule has 100 valence electrons. The van der Waals surface area contributed by atoms with Crippen molar-refractivity contribution in [2.24, 2.45) is 11.1 Å². The Kier molecular flexibility index (Phi) is 3.92. The van der Waals surface area contributed by atoms with Crippen LogP contribution in [0, 0.1) is 5.41 Å². The standard InChI is InChI=1S/C14H28N2O/c1-12(2,3)10-13(4,5)16-11(17)14(15)8-6-7-9-14/h6-10,15H2,1-5H3,(H,16,17). The maximum Gasteiger partial charge on any atom is 0.240 e. The Morgan fingerprint density at radius 2 is 1.65 bits per heavy atom. The molecule has 0 aromatic carbocycles. The molecule has 0 aromatic heterocycles. The molecule has 1 aliphatic carbocycles. The van der Waals surface area contributed by atoms with Crippen LogP contribution in [0.5, 0.6) is 0 Å². The lowest BCUT2D eigenvalue weighted by molar-refractivity contribution is -0.128. The number of carbonyl (C=O) groups is 1. The van der Waals surface area contributed by atoms with E-state index in [1.54, 1.807) is 0 Å². The maximum absolute atomic E-state index is 12.2. The molecule has 1 saturated carbocycles. The average molecular weight is 240 g/mol. The summed E-state index contributed by atoms with van der Waals surface area (Å²) >= 11 is 0. The summed E-state index contributed by atoms with van der Waals surface area (Å²) in [6, 6.07) is 0. The highest BCUT2D eigenvalue weighted by Gasteiger charge is 2.39. The van der Waals surface area contributed by atoms with E-state index in [0.29, 0.717) is 0 Å². The molecule has 3 heteroatoms. The predicted octanol–water partition coefficient (Wildman–Crippen LogP) is 2.59. The van der Waals surface area contributed by atoms with Crippen LogP contribution in [0.3, 0.4) is 0 Å². The van der Waals surface area contributed by atoms with Crippen molar-refractivity contribution in [3.8, 4) is 0 Å².